The van der Waals surface area contributed by atoms with Gasteiger partial charge in [0.2, 0.25) is 0 Å². The highest BCUT2D eigenvalue weighted by Gasteiger charge is 2.18. The van der Waals surface area contributed by atoms with Gasteiger partial charge in [-0.15, -0.1) is 0 Å². The van der Waals surface area contributed by atoms with Crippen LogP contribution in [0.15, 0.2) is 35.9 Å². The first-order valence-electron chi connectivity index (χ1n) is 8.66. The summed E-state index contributed by atoms with van der Waals surface area (Å²) >= 11 is 6.16. The Morgan fingerprint density at radius 2 is 1.82 bits per heavy atom. The number of aromatic nitrogens is 1. The van der Waals surface area contributed by atoms with Gasteiger partial charge in [-0.05, 0) is 52.0 Å². The molecule has 2 rings (SSSR count). The molecule has 0 radical (unpaired) electrons. The van der Waals surface area contributed by atoms with E-state index in [4.69, 9.17) is 21.1 Å². The van der Waals surface area contributed by atoms with Crippen LogP contribution in [0, 0.1) is 13.8 Å². The van der Waals surface area contributed by atoms with Crippen molar-refractivity contribution in [2.45, 2.75) is 27.7 Å². The van der Waals surface area contributed by atoms with E-state index < -0.39 is 11.9 Å². The molecule has 2 aromatic rings. The summed E-state index contributed by atoms with van der Waals surface area (Å²) in [5, 5.41) is 3.23. The summed E-state index contributed by atoms with van der Waals surface area (Å²) in [5.74, 6) is -0.473. The van der Waals surface area contributed by atoms with Gasteiger partial charge in [-0.25, -0.2) is 4.79 Å². The van der Waals surface area contributed by atoms with Crippen LogP contribution < -0.4 is 10.1 Å². The molecule has 0 aliphatic heterocycles. The molecule has 148 valence electrons. The van der Waals surface area contributed by atoms with E-state index >= 15 is 0 Å². The second kappa shape index (κ2) is 9.37. The predicted octanol–water partition coefficient (Wildman–Crippen LogP) is 4.74. The molecule has 0 aliphatic rings. The number of nitrogens with zero attached hydrogens (tertiary/aromatic N) is 1. The molecule has 0 aliphatic carbocycles. The molecule has 0 saturated carbocycles. The topological polar surface area (TPSA) is 77.5 Å². The maximum Gasteiger partial charge on any atom is 0.339 e. The van der Waals surface area contributed by atoms with E-state index in [2.05, 4.69) is 10.3 Å². The molecule has 0 bridgehead atoms. The van der Waals surface area contributed by atoms with E-state index in [0.717, 1.165) is 5.57 Å². The van der Waals surface area contributed by atoms with Gasteiger partial charge in [0.1, 0.15) is 12.4 Å². The first-order valence-corrected chi connectivity index (χ1v) is 9.04. The third-order valence-electron chi connectivity index (χ3n) is 3.97. The Hall–Kier alpha value is -2.86. The quantitative estimate of drug-likeness (QED) is 0.558. The van der Waals surface area contributed by atoms with Crippen LogP contribution in [0.4, 0.5) is 5.69 Å². The number of anilines is 1. The van der Waals surface area contributed by atoms with Crippen molar-refractivity contribution < 1.29 is 19.1 Å². The van der Waals surface area contributed by atoms with Crippen molar-refractivity contribution in [1.29, 1.82) is 0 Å². The number of allylic oxidation sites excluding steroid dienone is 1. The number of esters is 1. The number of methoxy groups -OCH3 is 1. The Bertz CT molecular complexity index is 934. The van der Waals surface area contributed by atoms with E-state index in [1.807, 2.05) is 19.9 Å². The third kappa shape index (κ3) is 5.33. The number of carbonyl (C=O) groups is 2. The maximum atomic E-state index is 12.7. The fourth-order valence-electron chi connectivity index (χ4n) is 2.46. The highest BCUT2D eigenvalue weighted by Crippen LogP contribution is 2.28. The van der Waals surface area contributed by atoms with Crippen molar-refractivity contribution in [2.75, 3.05) is 19.0 Å². The fraction of sp³-hybridized carbons (Fsp3) is 0.286. The average molecular weight is 403 g/mol. The Balaban J connectivity index is 2.25. The number of ether oxygens (including phenoxy) is 2. The molecule has 1 N–H and O–H groups in total. The van der Waals surface area contributed by atoms with Crippen LogP contribution in [0.25, 0.3) is 0 Å². The number of carbonyl (C=O) groups excluding carboxylic acids is 2. The molecular formula is C21H23ClN2O4. The molecule has 0 atom stereocenters. The smallest absolute Gasteiger partial charge is 0.339 e. The fourth-order valence-corrected chi connectivity index (χ4v) is 2.63. The van der Waals surface area contributed by atoms with Crippen LogP contribution >= 0.6 is 11.6 Å². The molecule has 1 amide bonds. The van der Waals surface area contributed by atoms with Crippen molar-refractivity contribution in [1.82, 2.24) is 4.98 Å². The van der Waals surface area contributed by atoms with E-state index in [1.54, 1.807) is 32.0 Å². The third-order valence-corrected chi connectivity index (χ3v) is 4.29. The van der Waals surface area contributed by atoms with Gasteiger partial charge in [0.25, 0.3) is 5.91 Å². The number of hydrogen-bond donors (Lipinski definition) is 1. The van der Waals surface area contributed by atoms with E-state index in [-0.39, 0.29) is 11.1 Å². The number of halogens is 1. The van der Waals surface area contributed by atoms with Gasteiger partial charge in [-0.2, -0.15) is 0 Å². The summed E-state index contributed by atoms with van der Waals surface area (Å²) in [6, 6.07) is 6.46. The van der Waals surface area contributed by atoms with Gasteiger partial charge in [0.15, 0.2) is 0 Å². The van der Waals surface area contributed by atoms with Crippen molar-refractivity contribution in [2.24, 2.45) is 0 Å². The molecule has 0 fully saturated rings. The molecule has 0 saturated heterocycles. The lowest BCUT2D eigenvalue weighted by molar-refractivity contribution is 0.0599. The first kappa shape index (κ1) is 21.4. The van der Waals surface area contributed by atoms with Gasteiger partial charge in [-0.3, -0.25) is 9.78 Å². The van der Waals surface area contributed by atoms with Crippen LogP contribution in [0.5, 0.6) is 5.75 Å². The minimum Gasteiger partial charge on any atom is -0.488 e. The Kier molecular flexibility index (Phi) is 7.18. The van der Waals surface area contributed by atoms with Crippen LogP contribution in [0.3, 0.4) is 0 Å². The summed E-state index contributed by atoms with van der Waals surface area (Å²) in [5.41, 5.74) is 3.19. The van der Waals surface area contributed by atoms with E-state index in [1.165, 1.54) is 13.2 Å². The van der Waals surface area contributed by atoms with Crippen LogP contribution in [0.1, 0.15) is 46.0 Å². The number of benzene rings is 1. The van der Waals surface area contributed by atoms with Crippen LogP contribution in [-0.2, 0) is 4.74 Å². The zero-order chi connectivity index (χ0) is 20.8. The number of aryl methyl sites for hydroxylation is 2. The zero-order valence-electron chi connectivity index (χ0n) is 16.6. The average Bonchev–Trinajstić information content (AvgIpc) is 2.63. The molecule has 6 nitrogen and oxygen atoms in total. The normalized spacial score (nSPS) is 10.2. The van der Waals surface area contributed by atoms with E-state index in [9.17, 15) is 9.59 Å². The highest BCUT2D eigenvalue weighted by molar-refractivity contribution is 6.32. The number of rotatable bonds is 6. The lowest BCUT2D eigenvalue weighted by Crippen LogP contribution is -2.17. The lowest BCUT2D eigenvalue weighted by Gasteiger charge is -2.12. The first-order chi connectivity index (χ1) is 13.2. The second-order valence-electron chi connectivity index (χ2n) is 6.44. The number of nitrogens with one attached hydrogen (secondary N) is 1. The summed E-state index contributed by atoms with van der Waals surface area (Å²) in [6.45, 7) is 7.72. The van der Waals surface area contributed by atoms with Gasteiger partial charge in [0.05, 0.1) is 34.6 Å². The Labute approximate surface area is 169 Å². The van der Waals surface area contributed by atoms with Gasteiger partial charge in [0, 0.05) is 11.8 Å². The lowest BCUT2D eigenvalue weighted by atomic mass is 10.1. The Morgan fingerprint density at radius 1 is 1.14 bits per heavy atom. The summed E-state index contributed by atoms with van der Waals surface area (Å²) in [6.07, 6.45) is 1.93. The second-order valence-corrected chi connectivity index (χ2v) is 6.84. The predicted molar refractivity (Wildman–Crippen MR) is 109 cm³/mol. The molecular weight excluding hydrogens is 380 g/mol. The van der Waals surface area contributed by atoms with Crippen molar-refractivity contribution in [3.05, 3.63) is 63.5 Å². The van der Waals surface area contributed by atoms with Crippen molar-refractivity contribution in [3.8, 4) is 5.75 Å². The molecule has 0 spiro atoms. The SMILES string of the molecule is COC(=O)c1cc(C(=O)Nc2ccc(Cl)c(OCC=C(C)C)c2)c(C)nc1C. The zero-order valence-corrected chi connectivity index (χ0v) is 17.3. The molecule has 1 aromatic carbocycles. The van der Waals surface area contributed by atoms with E-state index in [0.29, 0.717) is 34.5 Å². The summed E-state index contributed by atoms with van der Waals surface area (Å²) < 4.78 is 10.4. The monoisotopic (exact) mass is 402 g/mol. The number of pyridine rings is 1. The minimum atomic E-state index is -0.541. The molecule has 7 heteroatoms. The van der Waals surface area contributed by atoms with Crippen molar-refractivity contribution >= 4 is 29.2 Å². The molecule has 1 heterocycles. The maximum absolute atomic E-state index is 12.7. The standard InChI is InChI=1S/C21H23ClN2O4/c1-12(2)8-9-28-19-10-15(6-7-18(19)22)24-20(25)16-11-17(21(26)27-5)14(4)23-13(16)3/h6-8,10-11H,9H2,1-5H3,(H,24,25). The van der Waals surface area contributed by atoms with Crippen LogP contribution in [-0.4, -0.2) is 30.6 Å². The van der Waals surface area contributed by atoms with Crippen molar-refractivity contribution in [3.63, 3.8) is 0 Å². The van der Waals surface area contributed by atoms with Gasteiger partial charge >= 0.3 is 5.97 Å². The van der Waals surface area contributed by atoms with Gasteiger partial charge < -0.3 is 14.8 Å². The molecule has 1 aromatic heterocycles. The van der Waals surface area contributed by atoms with Crippen LogP contribution in [0.2, 0.25) is 5.02 Å². The number of amides is 1. The Morgan fingerprint density at radius 3 is 2.46 bits per heavy atom. The minimum absolute atomic E-state index is 0.250. The molecule has 0 unspecified atom stereocenters. The van der Waals surface area contributed by atoms with Gasteiger partial charge in [-0.1, -0.05) is 17.2 Å². The summed E-state index contributed by atoms with van der Waals surface area (Å²) in [7, 11) is 1.28. The highest BCUT2D eigenvalue weighted by atomic mass is 35.5. The summed E-state index contributed by atoms with van der Waals surface area (Å²) in [4.78, 5) is 28.9. The molecule has 28 heavy (non-hydrogen) atoms. The largest absolute Gasteiger partial charge is 0.488 e. The number of hydrogen-bond acceptors (Lipinski definition) is 5.